The molecule has 2 rings (SSSR count). The largest absolute Gasteiger partial charge is 0.480 e. The minimum atomic E-state index is -1.14. The third kappa shape index (κ3) is 4.00. The van der Waals surface area contributed by atoms with E-state index in [9.17, 15) is 19.5 Å². The lowest BCUT2D eigenvalue weighted by Crippen LogP contribution is -2.46. The van der Waals surface area contributed by atoms with Crippen molar-refractivity contribution in [3.63, 3.8) is 0 Å². The Morgan fingerprint density at radius 1 is 1.12 bits per heavy atom. The van der Waals surface area contributed by atoms with Crippen LogP contribution in [0.5, 0.6) is 0 Å². The molecule has 0 bridgehead atoms. The Hall–Kier alpha value is -2.37. The van der Waals surface area contributed by atoms with Crippen molar-refractivity contribution in [1.82, 2.24) is 9.80 Å². The highest BCUT2D eigenvalue weighted by Crippen LogP contribution is 2.29. The average molecular weight is 346 g/mol. The number of carbonyl (C=O) groups excluding carboxylic acids is 2. The molecular weight excluding hydrogens is 320 g/mol. The number of imide groups is 1. The summed E-state index contributed by atoms with van der Waals surface area (Å²) in [7, 11) is 0. The van der Waals surface area contributed by atoms with Gasteiger partial charge in [0.15, 0.2) is 0 Å². The summed E-state index contributed by atoms with van der Waals surface area (Å²) in [5.74, 6) is -1.59. The van der Waals surface area contributed by atoms with Gasteiger partial charge in [-0.2, -0.15) is 0 Å². The van der Waals surface area contributed by atoms with Gasteiger partial charge in [-0.3, -0.25) is 4.79 Å². The maximum Gasteiger partial charge on any atom is 0.328 e. The van der Waals surface area contributed by atoms with E-state index in [2.05, 4.69) is 0 Å². The lowest BCUT2D eigenvalue weighted by molar-refractivity contribution is -0.147. The number of carboxylic acids is 1. The van der Waals surface area contributed by atoms with E-state index in [1.165, 1.54) is 4.90 Å². The van der Waals surface area contributed by atoms with Crippen LogP contribution >= 0.6 is 0 Å². The van der Waals surface area contributed by atoms with Gasteiger partial charge in [-0.15, -0.1) is 0 Å². The van der Waals surface area contributed by atoms with Gasteiger partial charge >= 0.3 is 12.0 Å². The van der Waals surface area contributed by atoms with Gasteiger partial charge in [0.2, 0.25) is 0 Å². The quantitative estimate of drug-likeness (QED) is 0.770. The fourth-order valence-corrected chi connectivity index (χ4v) is 3.27. The predicted octanol–water partition coefficient (Wildman–Crippen LogP) is 2.97. The zero-order valence-corrected chi connectivity index (χ0v) is 15.2. The van der Waals surface area contributed by atoms with Gasteiger partial charge in [0, 0.05) is 6.54 Å². The maximum atomic E-state index is 12.9. The van der Waals surface area contributed by atoms with Crippen LogP contribution in [0.2, 0.25) is 0 Å². The van der Waals surface area contributed by atoms with E-state index >= 15 is 0 Å². The van der Waals surface area contributed by atoms with Gasteiger partial charge < -0.3 is 10.0 Å². The standard InChI is InChI=1S/C19H26N2O4/c1-12(2)10-15(18(23)24)21-17(22)16(13(3)4)20(19(21)25)11-14-8-6-5-7-9-14/h5-9,12-13,15-16H,10-11H2,1-4H3,(H,23,24). The molecule has 0 saturated carbocycles. The number of hydrogen-bond donors (Lipinski definition) is 1. The highest BCUT2D eigenvalue weighted by Gasteiger charge is 2.50. The monoisotopic (exact) mass is 346 g/mol. The Morgan fingerprint density at radius 3 is 2.20 bits per heavy atom. The fourth-order valence-electron chi connectivity index (χ4n) is 3.27. The van der Waals surface area contributed by atoms with Crippen LogP contribution in [-0.4, -0.2) is 44.9 Å². The van der Waals surface area contributed by atoms with Crippen molar-refractivity contribution < 1.29 is 19.5 Å². The highest BCUT2D eigenvalue weighted by atomic mass is 16.4. The van der Waals surface area contributed by atoms with Crippen LogP contribution in [0.3, 0.4) is 0 Å². The van der Waals surface area contributed by atoms with Gasteiger partial charge in [0.25, 0.3) is 5.91 Å². The summed E-state index contributed by atoms with van der Waals surface area (Å²) in [6.45, 7) is 7.79. The van der Waals surface area contributed by atoms with Gasteiger partial charge in [-0.25, -0.2) is 14.5 Å². The van der Waals surface area contributed by atoms with E-state index in [1.807, 2.05) is 58.0 Å². The van der Waals surface area contributed by atoms with Gasteiger partial charge in [0.1, 0.15) is 12.1 Å². The first kappa shape index (κ1) is 19.0. The first-order valence-corrected chi connectivity index (χ1v) is 8.64. The summed E-state index contributed by atoms with van der Waals surface area (Å²) in [4.78, 5) is 40.0. The topological polar surface area (TPSA) is 77.9 Å². The molecule has 6 nitrogen and oxygen atoms in total. The molecule has 0 aromatic heterocycles. The van der Waals surface area contributed by atoms with Crippen molar-refractivity contribution in [3.05, 3.63) is 35.9 Å². The minimum Gasteiger partial charge on any atom is -0.480 e. The van der Waals surface area contributed by atoms with Crippen LogP contribution < -0.4 is 0 Å². The number of carbonyl (C=O) groups is 3. The fraction of sp³-hybridized carbons (Fsp3) is 0.526. The van der Waals surface area contributed by atoms with E-state index in [0.717, 1.165) is 10.5 Å². The molecule has 25 heavy (non-hydrogen) atoms. The van der Waals surface area contributed by atoms with Crippen LogP contribution in [0.1, 0.15) is 39.7 Å². The molecule has 1 N–H and O–H groups in total. The summed E-state index contributed by atoms with van der Waals surface area (Å²) >= 11 is 0. The van der Waals surface area contributed by atoms with E-state index in [0.29, 0.717) is 6.54 Å². The number of urea groups is 1. The Kier molecular flexibility index (Phi) is 5.82. The van der Waals surface area contributed by atoms with Crippen molar-refractivity contribution in [3.8, 4) is 0 Å². The second-order valence-electron chi connectivity index (χ2n) is 7.28. The average Bonchev–Trinajstić information content (AvgIpc) is 2.76. The molecule has 1 heterocycles. The lowest BCUT2D eigenvalue weighted by Gasteiger charge is -2.25. The van der Waals surface area contributed by atoms with E-state index < -0.39 is 30.0 Å². The number of amides is 3. The normalized spacial score (nSPS) is 19.2. The molecule has 3 amide bonds. The summed E-state index contributed by atoms with van der Waals surface area (Å²) in [5, 5.41) is 9.55. The second kappa shape index (κ2) is 7.68. The van der Waals surface area contributed by atoms with E-state index in [1.54, 1.807) is 0 Å². The Morgan fingerprint density at radius 2 is 1.72 bits per heavy atom. The summed E-state index contributed by atoms with van der Waals surface area (Å²) in [5.41, 5.74) is 0.909. The van der Waals surface area contributed by atoms with Crippen molar-refractivity contribution in [2.45, 2.75) is 52.7 Å². The molecule has 1 aliphatic heterocycles. The predicted molar refractivity (Wildman–Crippen MR) is 93.7 cm³/mol. The first-order chi connectivity index (χ1) is 11.7. The summed E-state index contributed by atoms with van der Waals surface area (Å²) < 4.78 is 0. The van der Waals surface area contributed by atoms with Crippen molar-refractivity contribution in [1.29, 1.82) is 0 Å². The molecule has 1 aliphatic rings. The molecule has 0 radical (unpaired) electrons. The third-order valence-electron chi connectivity index (χ3n) is 4.40. The summed E-state index contributed by atoms with van der Waals surface area (Å²) in [6, 6.07) is 7.14. The number of rotatable bonds is 7. The molecule has 2 unspecified atom stereocenters. The molecule has 0 aliphatic carbocycles. The maximum absolute atomic E-state index is 12.9. The molecule has 1 saturated heterocycles. The van der Waals surface area contributed by atoms with Crippen molar-refractivity contribution in [2.24, 2.45) is 11.8 Å². The van der Waals surface area contributed by atoms with Gasteiger partial charge in [-0.05, 0) is 23.8 Å². The van der Waals surface area contributed by atoms with Crippen LogP contribution in [0.15, 0.2) is 30.3 Å². The minimum absolute atomic E-state index is 0.0578. The second-order valence-corrected chi connectivity index (χ2v) is 7.28. The van der Waals surface area contributed by atoms with Crippen LogP contribution in [0.25, 0.3) is 0 Å². The van der Waals surface area contributed by atoms with Gasteiger partial charge in [0.05, 0.1) is 0 Å². The van der Waals surface area contributed by atoms with Gasteiger partial charge in [-0.1, -0.05) is 58.0 Å². The molecule has 1 aromatic rings. The number of carboxylic acid groups (broad SMARTS) is 1. The Bertz CT molecular complexity index is 642. The Labute approximate surface area is 148 Å². The third-order valence-corrected chi connectivity index (χ3v) is 4.40. The first-order valence-electron chi connectivity index (χ1n) is 8.64. The molecule has 1 aromatic carbocycles. The number of aliphatic carboxylic acids is 1. The lowest BCUT2D eigenvalue weighted by atomic mass is 10.00. The Balaban J connectivity index is 2.35. The van der Waals surface area contributed by atoms with Crippen molar-refractivity contribution in [2.75, 3.05) is 0 Å². The number of nitrogens with zero attached hydrogens (tertiary/aromatic N) is 2. The molecule has 6 heteroatoms. The highest BCUT2D eigenvalue weighted by molar-refractivity contribution is 6.07. The molecule has 2 atom stereocenters. The zero-order chi connectivity index (χ0) is 18.7. The van der Waals surface area contributed by atoms with Crippen LogP contribution in [0.4, 0.5) is 4.79 Å². The van der Waals surface area contributed by atoms with Crippen molar-refractivity contribution >= 4 is 17.9 Å². The molecule has 1 fully saturated rings. The molecular formula is C19H26N2O4. The zero-order valence-electron chi connectivity index (χ0n) is 15.2. The smallest absolute Gasteiger partial charge is 0.328 e. The summed E-state index contributed by atoms with van der Waals surface area (Å²) in [6.07, 6.45) is 0.247. The molecule has 136 valence electrons. The SMILES string of the molecule is CC(C)CC(C(=O)O)N1C(=O)C(C(C)C)N(Cc2ccccc2)C1=O. The van der Waals surface area contributed by atoms with E-state index in [4.69, 9.17) is 0 Å². The number of hydrogen-bond acceptors (Lipinski definition) is 3. The molecule has 0 spiro atoms. The van der Waals surface area contributed by atoms with Crippen LogP contribution in [-0.2, 0) is 16.1 Å². The van der Waals surface area contributed by atoms with Crippen LogP contribution in [0, 0.1) is 11.8 Å². The number of benzene rings is 1. The van der Waals surface area contributed by atoms with E-state index in [-0.39, 0.29) is 18.3 Å².